The second-order valence-electron chi connectivity index (χ2n) is 2.26. The maximum atomic E-state index is 10.1. The minimum absolute atomic E-state index is 0. The van der Waals surface area contributed by atoms with E-state index in [1.54, 1.807) is 12.1 Å². The quantitative estimate of drug-likeness (QED) is 0.685. The predicted molar refractivity (Wildman–Crippen MR) is 51.5 cm³/mol. The maximum Gasteiger partial charge on any atom is 0.328 e. The molecule has 0 atom stereocenters. The van der Waals surface area contributed by atoms with Gasteiger partial charge < -0.3 is 10.2 Å². The Bertz CT molecular complexity index is 298. The lowest BCUT2D eigenvalue weighted by Gasteiger charge is -1.92. The molecule has 0 saturated carbocycles. The van der Waals surface area contributed by atoms with Gasteiger partial charge in [0.05, 0.1) is 0 Å². The molecule has 0 aliphatic carbocycles. The number of benzene rings is 1. The van der Waals surface area contributed by atoms with Gasteiger partial charge in [-0.3, -0.25) is 0 Å². The van der Waals surface area contributed by atoms with Crippen molar-refractivity contribution in [3.8, 4) is 5.75 Å². The lowest BCUT2D eigenvalue weighted by Crippen LogP contribution is -1.85. The third-order valence-electron chi connectivity index (χ3n) is 1.31. The summed E-state index contributed by atoms with van der Waals surface area (Å²) in [5, 5.41) is 17.2. The molecule has 0 heterocycles. The Morgan fingerprint density at radius 2 is 1.77 bits per heavy atom. The van der Waals surface area contributed by atoms with Gasteiger partial charge in [0.2, 0.25) is 0 Å². The van der Waals surface area contributed by atoms with Crippen molar-refractivity contribution < 1.29 is 15.0 Å². The van der Waals surface area contributed by atoms with Crippen molar-refractivity contribution in [1.82, 2.24) is 0 Å². The van der Waals surface area contributed by atoms with Gasteiger partial charge in [-0.25, -0.2) is 4.79 Å². The topological polar surface area (TPSA) is 57.5 Å². The van der Waals surface area contributed by atoms with Crippen LogP contribution >= 0.6 is 0 Å². The zero-order chi connectivity index (χ0) is 8.97. The van der Waals surface area contributed by atoms with Crippen molar-refractivity contribution in [2.45, 2.75) is 7.43 Å². The van der Waals surface area contributed by atoms with Crippen LogP contribution in [0.25, 0.3) is 6.08 Å². The Morgan fingerprint density at radius 1 is 1.23 bits per heavy atom. The van der Waals surface area contributed by atoms with Crippen molar-refractivity contribution in [1.29, 1.82) is 0 Å². The number of carboxylic acid groups (broad SMARTS) is 1. The van der Waals surface area contributed by atoms with Gasteiger partial charge in [-0.2, -0.15) is 0 Å². The van der Waals surface area contributed by atoms with Crippen LogP contribution in [-0.2, 0) is 4.79 Å². The highest BCUT2D eigenvalue weighted by atomic mass is 16.4. The van der Waals surface area contributed by atoms with E-state index in [4.69, 9.17) is 10.2 Å². The number of phenols is 1. The lowest BCUT2D eigenvalue weighted by molar-refractivity contribution is -0.131. The molecular formula is C10H12O3. The van der Waals surface area contributed by atoms with Gasteiger partial charge >= 0.3 is 5.97 Å². The summed E-state index contributed by atoms with van der Waals surface area (Å²) < 4.78 is 0. The Hall–Kier alpha value is -1.77. The molecular weight excluding hydrogens is 168 g/mol. The van der Waals surface area contributed by atoms with E-state index in [9.17, 15) is 4.79 Å². The van der Waals surface area contributed by atoms with Gasteiger partial charge in [0.15, 0.2) is 0 Å². The minimum atomic E-state index is -0.983. The van der Waals surface area contributed by atoms with Crippen LogP contribution in [0.3, 0.4) is 0 Å². The smallest absolute Gasteiger partial charge is 0.328 e. The number of carbonyl (C=O) groups is 1. The lowest BCUT2D eigenvalue weighted by atomic mass is 10.2. The Kier molecular flexibility index (Phi) is 4.30. The first-order valence-electron chi connectivity index (χ1n) is 3.38. The van der Waals surface area contributed by atoms with Crippen LogP contribution in [0.15, 0.2) is 30.3 Å². The van der Waals surface area contributed by atoms with Crippen molar-refractivity contribution in [3.63, 3.8) is 0 Å². The number of aliphatic carboxylic acids is 1. The highest BCUT2D eigenvalue weighted by Gasteiger charge is 1.89. The van der Waals surface area contributed by atoms with Gasteiger partial charge in [0.1, 0.15) is 5.75 Å². The molecule has 1 aromatic carbocycles. The average Bonchev–Trinajstić information content (AvgIpc) is 2.03. The molecule has 0 unspecified atom stereocenters. The number of hydrogen-bond donors (Lipinski definition) is 2. The highest BCUT2D eigenvalue weighted by Crippen LogP contribution is 2.10. The van der Waals surface area contributed by atoms with Crippen LogP contribution in [0.5, 0.6) is 5.75 Å². The summed E-state index contributed by atoms with van der Waals surface area (Å²) in [6.45, 7) is 0. The zero-order valence-electron chi connectivity index (χ0n) is 6.27. The molecule has 0 bridgehead atoms. The van der Waals surface area contributed by atoms with E-state index in [-0.39, 0.29) is 13.2 Å². The molecule has 3 heteroatoms. The van der Waals surface area contributed by atoms with Crippen LogP contribution in [-0.4, -0.2) is 16.2 Å². The molecule has 0 aromatic heterocycles. The largest absolute Gasteiger partial charge is 0.508 e. The molecule has 2 N–H and O–H groups in total. The summed E-state index contributed by atoms with van der Waals surface area (Å²) in [7, 11) is 0. The molecule has 13 heavy (non-hydrogen) atoms. The van der Waals surface area contributed by atoms with E-state index in [2.05, 4.69) is 0 Å². The standard InChI is InChI=1S/C9H8O3.CH4/c10-8-4-1-7(2-5-8)3-6-9(11)12;/h1-6,10H,(H,11,12);1H4. The molecule has 1 rings (SSSR count). The first kappa shape index (κ1) is 11.2. The number of aromatic hydroxyl groups is 1. The van der Waals surface area contributed by atoms with E-state index >= 15 is 0 Å². The second-order valence-corrected chi connectivity index (χ2v) is 2.26. The molecule has 0 amide bonds. The van der Waals surface area contributed by atoms with Crippen molar-refractivity contribution in [2.75, 3.05) is 0 Å². The van der Waals surface area contributed by atoms with Gasteiger partial charge in [-0.1, -0.05) is 19.6 Å². The minimum Gasteiger partial charge on any atom is -0.508 e. The summed E-state index contributed by atoms with van der Waals surface area (Å²) in [5.74, 6) is -0.814. The van der Waals surface area contributed by atoms with Crippen LogP contribution < -0.4 is 0 Å². The Balaban J connectivity index is 0.00000144. The third-order valence-corrected chi connectivity index (χ3v) is 1.31. The first-order chi connectivity index (χ1) is 5.68. The maximum absolute atomic E-state index is 10.1. The van der Waals surface area contributed by atoms with Crippen molar-refractivity contribution >= 4 is 12.0 Å². The summed E-state index contributed by atoms with van der Waals surface area (Å²) in [6.07, 6.45) is 2.51. The molecule has 0 spiro atoms. The number of hydrogen-bond acceptors (Lipinski definition) is 2. The molecule has 0 fully saturated rings. The second kappa shape index (κ2) is 4.98. The highest BCUT2D eigenvalue weighted by molar-refractivity contribution is 5.85. The van der Waals surface area contributed by atoms with Gasteiger partial charge in [0.25, 0.3) is 0 Å². The van der Waals surface area contributed by atoms with E-state index in [1.165, 1.54) is 18.2 Å². The van der Waals surface area contributed by atoms with Crippen molar-refractivity contribution in [3.05, 3.63) is 35.9 Å². The molecule has 0 aliphatic heterocycles. The van der Waals surface area contributed by atoms with Crippen LogP contribution in [0.1, 0.15) is 13.0 Å². The zero-order valence-corrected chi connectivity index (χ0v) is 6.27. The van der Waals surface area contributed by atoms with Crippen LogP contribution in [0.4, 0.5) is 0 Å². The molecule has 3 nitrogen and oxygen atoms in total. The fourth-order valence-corrected chi connectivity index (χ4v) is 0.753. The summed E-state index contributed by atoms with van der Waals surface area (Å²) in [6, 6.07) is 6.27. The molecule has 0 radical (unpaired) electrons. The average molecular weight is 180 g/mol. The molecule has 0 saturated heterocycles. The summed E-state index contributed by atoms with van der Waals surface area (Å²) in [4.78, 5) is 10.1. The van der Waals surface area contributed by atoms with E-state index in [0.717, 1.165) is 11.6 Å². The van der Waals surface area contributed by atoms with Gasteiger partial charge in [0, 0.05) is 6.08 Å². The number of carboxylic acids is 1. The number of phenolic OH excluding ortho intramolecular Hbond substituents is 1. The fourth-order valence-electron chi connectivity index (χ4n) is 0.753. The Labute approximate surface area is 77.0 Å². The molecule has 0 aliphatic rings. The summed E-state index contributed by atoms with van der Waals surface area (Å²) in [5.41, 5.74) is 0.746. The van der Waals surface area contributed by atoms with Crippen molar-refractivity contribution in [2.24, 2.45) is 0 Å². The number of rotatable bonds is 2. The van der Waals surface area contributed by atoms with E-state index < -0.39 is 5.97 Å². The van der Waals surface area contributed by atoms with E-state index in [1.807, 2.05) is 0 Å². The molecule has 70 valence electrons. The third kappa shape index (κ3) is 3.96. The fraction of sp³-hybridized carbons (Fsp3) is 0.100. The first-order valence-corrected chi connectivity index (χ1v) is 3.38. The SMILES string of the molecule is C.O=C(O)C=Cc1ccc(O)cc1. The van der Waals surface area contributed by atoms with Gasteiger partial charge in [-0.05, 0) is 23.8 Å². The monoisotopic (exact) mass is 180 g/mol. The molecule has 1 aromatic rings. The van der Waals surface area contributed by atoms with Crippen LogP contribution in [0.2, 0.25) is 0 Å². The summed E-state index contributed by atoms with van der Waals surface area (Å²) >= 11 is 0. The Morgan fingerprint density at radius 3 is 2.23 bits per heavy atom. The normalized spacial score (nSPS) is 9.54. The van der Waals surface area contributed by atoms with Crippen LogP contribution in [0, 0.1) is 0 Å². The van der Waals surface area contributed by atoms with Gasteiger partial charge in [-0.15, -0.1) is 0 Å². The van der Waals surface area contributed by atoms with E-state index in [0.29, 0.717) is 0 Å². The predicted octanol–water partition coefficient (Wildman–Crippen LogP) is 2.13.